The summed E-state index contributed by atoms with van der Waals surface area (Å²) in [6, 6.07) is 8.95. The first-order valence-corrected chi connectivity index (χ1v) is 12.0. The second kappa shape index (κ2) is 10.3. The smallest absolute Gasteiger partial charge is 0.325 e. The zero-order chi connectivity index (χ0) is 25.0. The Bertz CT molecular complexity index is 1160. The van der Waals surface area contributed by atoms with E-state index in [2.05, 4.69) is 20.7 Å². The molecule has 2 aromatic carbocycles. The van der Waals surface area contributed by atoms with Crippen LogP contribution in [0.2, 0.25) is 0 Å². The number of nitro benzene ring substituents is 1. The molecule has 0 bridgehead atoms. The van der Waals surface area contributed by atoms with Gasteiger partial charge in [-0.05, 0) is 63.6 Å². The summed E-state index contributed by atoms with van der Waals surface area (Å²) in [5.74, 6) is -3.86. The molecule has 10 nitrogen and oxygen atoms in total. The van der Waals surface area contributed by atoms with Gasteiger partial charge in [-0.15, -0.1) is 0 Å². The van der Waals surface area contributed by atoms with E-state index in [0.717, 1.165) is 18.2 Å². The van der Waals surface area contributed by atoms with Crippen molar-refractivity contribution in [2.24, 2.45) is 0 Å². The fourth-order valence-corrected chi connectivity index (χ4v) is 4.37. The highest BCUT2D eigenvalue weighted by atomic mass is 79.9. The average Bonchev–Trinajstić information content (AvgIpc) is 2.68. The average molecular weight is 543 g/mol. The number of nitrogens with zero attached hydrogens (tertiary/aromatic N) is 1. The molecule has 0 saturated heterocycles. The highest BCUT2D eigenvalue weighted by Gasteiger charge is 2.39. The van der Waals surface area contributed by atoms with Gasteiger partial charge in [0.2, 0.25) is 0 Å². The summed E-state index contributed by atoms with van der Waals surface area (Å²) in [7, 11) is -4.47. The summed E-state index contributed by atoms with van der Waals surface area (Å²) >= 11 is 3.24. The van der Waals surface area contributed by atoms with E-state index in [-0.39, 0.29) is 17.9 Å². The van der Waals surface area contributed by atoms with E-state index in [1.165, 1.54) is 19.1 Å². The van der Waals surface area contributed by atoms with Crippen LogP contribution in [-0.4, -0.2) is 37.5 Å². The van der Waals surface area contributed by atoms with Crippen LogP contribution < -0.4 is 4.72 Å². The summed E-state index contributed by atoms with van der Waals surface area (Å²) in [4.78, 5) is 35.5. The maximum Gasteiger partial charge on any atom is 0.325 e. The molecule has 178 valence electrons. The van der Waals surface area contributed by atoms with Gasteiger partial charge in [-0.3, -0.25) is 24.4 Å². The van der Waals surface area contributed by atoms with Crippen molar-refractivity contribution in [1.82, 2.24) is 0 Å². The Balaban J connectivity index is 2.68. The molecular formula is C21H23BrN2O8S. The van der Waals surface area contributed by atoms with Gasteiger partial charge in [-0.2, -0.15) is 0 Å². The molecule has 1 N–H and O–H groups in total. The van der Waals surface area contributed by atoms with E-state index < -0.39 is 49.0 Å². The number of hydrogen-bond acceptors (Lipinski definition) is 8. The van der Waals surface area contributed by atoms with Gasteiger partial charge >= 0.3 is 11.9 Å². The van der Waals surface area contributed by atoms with Gasteiger partial charge in [0.15, 0.2) is 5.92 Å². The monoisotopic (exact) mass is 542 g/mol. The van der Waals surface area contributed by atoms with Crippen molar-refractivity contribution in [3.63, 3.8) is 0 Å². The molecule has 0 aliphatic heterocycles. The predicted molar refractivity (Wildman–Crippen MR) is 123 cm³/mol. The van der Waals surface area contributed by atoms with E-state index in [9.17, 15) is 28.1 Å². The number of nitro groups is 1. The first-order valence-electron chi connectivity index (χ1n) is 9.71. The zero-order valence-electron chi connectivity index (χ0n) is 18.3. The molecular weight excluding hydrogens is 520 g/mol. The molecule has 2 aromatic rings. The molecule has 0 aliphatic rings. The van der Waals surface area contributed by atoms with Crippen LogP contribution in [0.4, 0.5) is 11.4 Å². The molecule has 0 radical (unpaired) electrons. The zero-order valence-corrected chi connectivity index (χ0v) is 20.7. The number of ether oxygens (including phenoxy) is 2. The maximum absolute atomic E-state index is 13.2. The summed E-state index contributed by atoms with van der Waals surface area (Å²) in [5, 5.41) is 11.3. The van der Waals surface area contributed by atoms with Crippen LogP contribution in [0.5, 0.6) is 0 Å². The highest BCUT2D eigenvalue weighted by molar-refractivity contribution is 9.10. The van der Waals surface area contributed by atoms with Crippen molar-refractivity contribution >= 4 is 49.3 Å². The molecule has 0 spiro atoms. The minimum absolute atomic E-state index is 0.0790. The van der Waals surface area contributed by atoms with Crippen molar-refractivity contribution in [2.45, 2.75) is 44.1 Å². The fraction of sp³-hybridized carbons (Fsp3) is 0.333. The largest absolute Gasteiger partial charge is 0.465 e. The first kappa shape index (κ1) is 26.3. The number of carbonyl (C=O) groups excluding carboxylic acids is 2. The third-order valence-corrected chi connectivity index (χ3v) is 6.04. The normalized spacial score (nSPS) is 12.5. The number of hydrogen-bond donors (Lipinski definition) is 1. The Kier molecular flexibility index (Phi) is 8.20. The van der Waals surface area contributed by atoms with Crippen molar-refractivity contribution in [1.29, 1.82) is 0 Å². The van der Waals surface area contributed by atoms with Crippen LogP contribution in [0.25, 0.3) is 0 Å². The van der Waals surface area contributed by atoms with Crippen molar-refractivity contribution in [3.8, 4) is 0 Å². The molecule has 2 rings (SSSR count). The second-order valence-corrected chi connectivity index (χ2v) is 10.4. The van der Waals surface area contributed by atoms with Crippen molar-refractivity contribution in [3.05, 3.63) is 62.6 Å². The lowest BCUT2D eigenvalue weighted by Crippen LogP contribution is -2.33. The van der Waals surface area contributed by atoms with Crippen molar-refractivity contribution < 1.29 is 32.4 Å². The number of sulfonamides is 1. The van der Waals surface area contributed by atoms with Gasteiger partial charge in [0.25, 0.3) is 15.7 Å². The Morgan fingerprint density at radius 2 is 1.73 bits per heavy atom. The quantitative estimate of drug-likeness (QED) is 0.227. The number of halogens is 1. The molecule has 0 saturated carbocycles. The molecule has 0 heterocycles. The van der Waals surface area contributed by atoms with Crippen LogP contribution in [0.1, 0.15) is 39.2 Å². The number of carbonyl (C=O) groups is 2. The predicted octanol–water partition coefficient (Wildman–Crippen LogP) is 4.15. The molecule has 0 aliphatic carbocycles. The fourth-order valence-electron chi connectivity index (χ4n) is 2.77. The number of non-ortho nitro benzene ring substituents is 1. The summed E-state index contributed by atoms with van der Waals surface area (Å²) in [6.07, 6.45) is 0. The number of esters is 2. The SMILES string of the molecule is CCOC(=O)C(C(=O)OC(C)(C)C)c1ccc([N+](=O)[O-])cc1S(=O)(=O)Nc1ccc(Br)cc1. The molecule has 0 amide bonds. The molecule has 33 heavy (non-hydrogen) atoms. The lowest BCUT2D eigenvalue weighted by molar-refractivity contribution is -0.385. The standard InChI is InChI=1S/C21H23BrN2O8S/c1-5-31-19(25)18(20(26)32-21(2,3)4)16-11-10-15(24(27)28)12-17(16)33(29,30)23-14-8-6-13(22)7-9-14/h6-12,18,23H,5H2,1-4H3. The minimum atomic E-state index is -4.47. The van der Waals surface area contributed by atoms with Crippen LogP contribution in [0.15, 0.2) is 51.8 Å². The van der Waals surface area contributed by atoms with E-state index in [4.69, 9.17) is 9.47 Å². The van der Waals surface area contributed by atoms with Crippen LogP contribution >= 0.6 is 15.9 Å². The van der Waals surface area contributed by atoms with Gasteiger partial charge in [-0.25, -0.2) is 8.42 Å². The Morgan fingerprint density at radius 1 is 1.12 bits per heavy atom. The van der Waals surface area contributed by atoms with Gasteiger partial charge in [0.05, 0.1) is 16.4 Å². The third kappa shape index (κ3) is 6.99. The van der Waals surface area contributed by atoms with E-state index in [0.29, 0.717) is 4.47 Å². The number of nitrogens with one attached hydrogen (secondary N) is 1. The van der Waals surface area contributed by atoms with Gasteiger partial charge in [-0.1, -0.05) is 15.9 Å². The molecule has 1 atom stereocenters. The molecule has 1 unspecified atom stereocenters. The number of benzene rings is 2. The Labute approximate surface area is 199 Å². The lowest BCUT2D eigenvalue weighted by Gasteiger charge is -2.24. The lowest BCUT2D eigenvalue weighted by atomic mass is 9.98. The highest BCUT2D eigenvalue weighted by Crippen LogP contribution is 2.32. The number of anilines is 1. The van der Waals surface area contributed by atoms with E-state index >= 15 is 0 Å². The maximum atomic E-state index is 13.2. The van der Waals surface area contributed by atoms with Crippen LogP contribution in [0, 0.1) is 10.1 Å². The van der Waals surface area contributed by atoms with Crippen LogP contribution in [0.3, 0.4) is 0 Å². The summed E-state index contributed by atoms with van der Waals surface area (Å²) < 4.78 is 39.7. The van der Waals surface area contributed by atoms with E-state index in [1.807, 2.05) is 0 Å². The second-order valence-electron chi connectivity index (χ2n) is 7.81. The molecule has 0 fully saturated rings. The third-order valence-electron chi connectivity index (χ3n) is 4.07. The minimum Gasteiger partial charge on any atom is -0.465 e. The van der Waals surface area contributed by atoms with Crippen molar-refractivity contribution in [2.75, 3.05) is 11.3 Å². The van der Waals surface area contributed by atoms with Gasteiger partial charge in [0, 0.05) is 22.3 Å². The molecule has 12 heteroatoms. The van der Waals surface area contributed by atoms with E-state index in [1.54, 1.807) is 32.9 Å². The van der Waals surface area contributed by atoms with Crippen LogP contribution in [-0.2, 0) is 29.1 Å². The van der Waals surface area contributed by atoms with Gasteiger partial charge < -0.3 is 9.47 Å². The first-order chi connectivity index (χ1) is 15.2. The number of rotatable bonds is 8. The Morgan fingerprint density at radius 3 is 2.24 bits per heavy atom. The van der Waals surface area contributed by atoms with Gasteiger partial charge in [0.1, 0.15) is 5.60 Å². The molecule has 0 aromatic heterocycles. The summed E-state index contributed by atoms with van der Waals surface area (Å²) in [5.41, 5.74) is -1.67. The Hall–Kier alpha value is -2.99. The summed E-state index contributed by atoms with van der Waals surface area (Å²) in [6.45, 7) is 6.18. The topological polar surface area (TPSA) is 142 Å².